The summed E-state index contributed by atoms with van der Waals surface area (Å²) >= 11 is 0. The number of aromatic nitrogens is 4. The highest BCUT2D eigenvalue weighted by atomic mass is 16.2. The highest BCUT2D eigenvalue weighted by molar-refractivity contribution is 5.93. The Labute approximate surface area is 128 Å². The Morgan fingerprint density at radius 3 is 2.91 bits per heavy atom. The van der Waals surface area contributed by atoms with Crippen LogP contribution in [0.4, 0.5) is 0 Å². The van der Waals surface area contributed by atoms with Crippen molar-refractivity contribution in [2.24, 2.45) is 0 Å². The second-order valence-corrected chi connectivity index (χ2v) is 5.15. The van der Waals surface area contributed by atoms with Gasteiger partial charge in [-0.05, 0) is 31.0 Å². The molecule has 1 amide bonds. The van der Waals surface area contributed by atoms with Crippen LogP contribution in [0.5, 0.6) is 0 Å². The van der Waals surface area contributed by atoms with Gasteiger partial charge in [-0.1, -0.05) is 13.0 Å². The molecule has 0 spiro atoms. The van der Waals surface area contributed by atoms with Crippen LogP contribution in [0.2, 0.25) is 0 Å². The Hall–Kier alpha value is -2.76. The smallest absolute Gasteiger partial charge is 0.272 e. The molecule has 112 valence electrons. The van der Waals surface area contributed by atoms with Crippen molar-refractivity contribution in [3.63, 3.8) is 0 Å². The van der Waals surface area contributed by atoms with Crippen molar-refractivity contribution in [3.8, 4) is 0 Å². The fourth-order valence-electron chi connectivity index (χ4n) is 2.24. The Balaban J connectivity index is 1.80. The monoisotopic (exact) mass is 295 g/mol. The first kappa shape index (κ1) is 14.2. The van der Waals surface area contributed by atoms with E-state index < -0.39 is 0 Å². The molecule has 0 aromatic carbocycles. The summed E-state index contributed by atoms with van der Waals surface area (Å²) < 4.78 is 1.58. The lowest BCUT2D eigenvalue weighted by molar-refractivity contribution is 0.0929. The average Bonchev–Trinajstić information content (AvgIpc) is 2.97. The topological polar surface area (TPSA) is 72.2 Å². The van der Waals surface area contributed by atoms with Crippen molar-refractivity contribution in [1.82, 2.24) is 24.9 Å². The SMILES string of the molecule is CCC(NC(=O)c1cc2ncccn2n1)c1ccc(C)cn1. The number of fused-ring (bicyclic) bond motifs is 1. The Morgan fingerprint density at radius 1 is 1.36 bits per heavy atom. The summed E-state index contributed by atoms with van der Waals surface area (Å²) in [5.41, 5.74) is 2.94. The largest absolute Gasteiger partial charge is 0.342 e. The summed E-state index contributed by atoms with van der Waals surface area (Å²) in [5, 5.41) is 7.20. The number of carbonyl (C=O) groups excluding carboxylic acids is 1. The van der Waals surface area contributed by atoms with E-state index in [1.807, 2.05) is 26.0 Å². The molecule has 3 aromatic rings. The zero-order valence-corrected chi connectivity index (χ0v) is 12.5. The molecule has 0 fully saturated rings. The molecule has 0 aliphatic rings. The lowest BCUT2D eigenvalue weighted by Crippen LogP contribution is -2.29. The maximum atomic E-state index is 12.4. The van der Waals surface area contributed by atoms with Gasteiger partial charge in [0, 0.05) is 24.7 Å². The number of nitrogens with one attached hydrogen (secondary N) is 1. The molecule has 0 aliphatic heterocycles. The summed E-state index contributed by atoms with van der Waals surface area (Å²) in [7, 11) is 0. The van der Waals surface area contributed by atoms with Crippen molar-refractivity contribution in [2.75, 3.05) is 0 Å². The summed E-state index contributed by atoms with van der Waals surface area (Å²) in [6.07, 6.45) is 5.99. The van der Waals surface area contributed by atoms with E-state index in [2.05, 4.69) is 20.4 Å². The van der Waals surface area contributed by atoms with Crippen LogP contribution >= 0.6 is 0 Å². The number of amides is 1. The molecule has 0 bridgehead atoms. The second-order valence-electron chi connectivity index (χ2n) is 5.15. The lowest BCUT2D eigenvalue weighted by atomic mass is 10.1. The van der Waals surface area contributed by atoms with Gasteiger partial charge >= 0.3 is 0 Å². The molecular formula is C16H17N5O. The van der Waals surface area contributed by atoms with Crippen LogP contribution in [0.15, 0.2) is 42.9 Å². The average molecular weight is 295 g/mol. The van der Waals surface area contributed by atoms with Gasteiger partial charge in [-0.15, -0.1) is 0 Å². The highest BCUT2D eigenvalue weighted by Gasteiger charge is 2.17. The number of hydrogen-bond donors (Lipinski definition) is 1. The van der Waals surface area contributed by atoms with Crippen LogP contribution < -0.4 is 5.32 Å². The number of carbonyl (C=O) groups is 1. The predicted molar refractivity (Wildman–Crippen MR) is 82.5 cm³/mol. The molecule has 1 unspecified atom stereocenters. The van der Waals surface area contributed by atoms with E-state index in [0.29, 0.717) is 11.3 Å². The second kappa shape index (κ2) is 5.93. The first-order valence-electron chi connectivity index (χ1n) is 7.21. The fourth-order valence-corrected chi connectivity index (χ4v) is 2.24. The van der Waals surface area contributed by atoms with Gasteiger partial charge in [0.2, 0.25) is 0 Å². The van der Waals surface area contributed by atoms with Gasteiger partial charge in [0.05, 0.1) is 11.7 Å². The molecule has 6 heteroatoms. The van der Waals surface area contributed by atoms with Gasteiger partial charge in [-0.2, -0.15) is 5.10 Å². The van der Waals surface area contributed by atoms with Crippen LogP contribution in [-0.2, 0) is 0 Å². The van der Waals surface area contributed by atoms with Crippen molar-refractivity contribution < 1.29 is 4.79 Å². The summed E-state index contributed by atoms with van der Waals surface area (Å²) in [6.45, 7) is 4.00. The summed E-state index contributed by atoms with van der Waals surface area (Å²) in [4.78, 5) is 20.9. The van der Waals surface area contributed by atoms with Crippen molar-refractivity contribution >= 4 is 11.6 Å². The normalized spacial score (nSPS) is 12.3. The van der Waals surface area contributed by atoms with E-state index in [1.54, 1.807) is 35.2 Å². The fraction of sp³-hybridized carbons (Fsp3) is 0.250. The minimum absolute atomic E-state index is 0.133. The number of rotatable bonds is 4. The van der Waals surface area contributed by atoms with Crippen LogP contribution in [-0.4, -0.2) is 25.5 Å². The maximum absolute atomic E-state index is 12.4. The van der Waals surface area contributed by atoms with Gasteiger partial charge in [0.15, 0.2) is 11.3 Å². The zero-order valence-electron chi connectivity index (χ0n) is 12.5. The molecule has 3 aromatic heterocycles. The van der Waals surface area contributed by atoms with Gasteiger partial charge in [-0.25, -0.2) is 9.50 Å². The van der Waals surface area contributed by atoms with Crippen LogP contribution in [0.25, 0.3) is 5.65 Å². The van der Waals surface area contributed by atoms with Crippen molar-refractivity contribution in [3.05, 3.63) is 59.8 Å². The molecule has 22 heavy (non-hydrogen) atoms. The molecule has 1 N–H and O–H groups in total. The minimum Gasteiger partial charge on any atom is -0.342 e. The van der Waals surface area contributed by atoms with E-state index in [4.69, 9.17) is 0 Å². The minimum atomic E-state index is -0.222. The molecule has 0 aliphatic carbocycles. The number of aryl methyl sites for hydroxylation is 1. The molecular weight excluding hydrogens is 278 g/mol. The Kier molecular flexibility index (Phi) is 3.82. The van der Waals surface area contributed by atoms with E-state index in [0.717, 1.165) is 17.7 Å². The molecule has 1 atom stereocenters. The molecule has 6 nitrogen and oxygen atoms in total. The Bertz CT molecular complexity index is 761. The van der Waals surface area contributed by atoms with Gasteiger partial charge in [-0.3, -0.25) is 9.78 Å². The highest BCUT2D eigenvalue weighted by Crippen LogP contribution is 2.15. The van der Waals surface area contributed by atoms with Crippen LogP contribution in [0, 0.1) is 6.92 Å². The van der Waals surface area contributed by atoms with E-state index in [-0.39, 0.29) is 11.9 Å². The number of hydrogen-bond acceptors (Lipinski definition) is 4. The third kappa shape index (κ3) is 2.81. The standard InChI is InChI=1S/C16H17N5O/c1-3-12(13-6-5-11(2)10-18-13)19-16(22)14-9-15-17-7-4-8-21(15)20-14/h4-10,12H,3H2,1-2H3,(H,19,22). The Morgan fingerprint density at radius 2 is 2.23 bits per heavy atom. The molecule has 0 saturated heterocycles. The van der Waals surface area contributed by atoms with Gasteiger partial charge < -0.3 is 5.32 Å². The summed E-state index contributed by atoms with van der Waals surface area (Å²) in [6, 6.07) is 7.24. The van der Waals surface area contributed by atoms with E-state index in [1.165, 1.54) is 0 Å². The lowest BCUT2D eigenvalue weighted by Gasteiger charge is -2.15. The quantitative estimate of drug-likeness (QED) is 0.801. The van der Waals surface area contributed by atoms with Gasteiger partial charge in [0.1, 0.15) is 0 Å². The molecule has 0 saturated carbocycles. The molecule has 0 radical (unpaired) electrons. The third-order valence-corrected chi connectivity index (χ3v) is 3.47. The van der Waals surface area contributed by atoms with Crippen LogP contribution in [0.1, 0.15) is 41.1 Å². The molecule has 3 heterocycles. The summed E-state index contributed by atoms with van der Waals surface area (Å²) in [5.74, 6) is -0.222. The third-order valence-electron chi connectivity index (χ3n) is 3.47. The van der Waals surface area contributed by atoms with E-state index >= 15 is 0 Å². The van der Waals surface area contributed by atoms with Gasteiger partial charge in [0.25, 0.3) is 5.91 Å². The predicted octanol–water partition coefficient (Wildman–Crippen LogP) is 2.31. The molecule has 3 rings (SSSR count). The maximum Gasteiger partial charge on any atom is 0.272 e. The number of pyridine rings is 1. The van der Waals surface area contributed by atoms with Crippen molar-refractivity contribution in [2.45, 2.75) is 26.3 Å². The first-order valence-corrected chi connectivity index (χ1v) is 7.21. The first-order chi connectivity index (χ1) is 10.7. The van der Waals surface area contributed by atoms with E-state index in [9.17, 15) is 4.79 Å². The number of nitrogens with zero attached hydrogens (tertiary/aromatic N) is 4. The van der Waals surface area contributed by atoms with Crippen LogP contribution in [0.3, 0.4) is 0 Å². The van der Waals surface area contributed by atoms with Crippen molar-refractivity contribution in [1.29, 1.82) is 0 Å². The zero-order chi connectivity index (χ0) is 15.5.